The molecule has 0 radical (unpaired) electrons. The molecule has 0 spiro atoms. The normalized spacial score (nSPS) is 25.1. The summed E-state index contributed by atoms with van der Waals surface area (Å²) in [6, 6.07) is -1.14. The van der Waals surface area contributed by atoms with Crippen LogP contribution in [0.3, 0.4) is 0 Å². The zero-order valence-corrected chi connectivity index (χ0v) is 23.9. The number of aliphatic hydroxyl groups excluding tert-OH is 1. The number of carbonyl (C=O) groups excluding carboxylic acids is 2. The van der Waals surface area contributed by atoms with E-state index in [0.29, 0.717) is 0 Å². The number of nitrogens with two attached hydrogens (primary N) is 1. The number of nitrogens with zero attached hydrogens (tertiary/aromatic N) is 4. The van der Waals surface area contributed by atoms with Crippen molar-refractivity contribution in [3.63, 3.8) is 0 Å². The summed E-state index contributed by atoms with van der Waals surface area (Å²) in [5.74, 6) is -2.02. The monoisotopic (exact) mass is 590 g/mol. The number of aliphatic hydroxyl groups is 2. The van der Waals surface area contributed by atoms with Crippen LogP contribution >= 0.6 is 7.75 Å². The first-order valence-corrected chi connectivity index (χ1v) is 13.8. The molecule has 5 N–H and O–H groups in total. The van der Waals surface area contributed by atoms with E-state index < -0.39 is 68.9 Å². The van der Waals surface area contributed by atoms with Gasteiger partial charge in [-0.25, -0.2) is 19.4 Å². The van der Waals surface area contributed by atoms with Crippen LogP contribution in [0.2, 0.25) is 0 Å². The summed E-state index contributed by atoms with van der Waals surface area (Å²) in [4.78, 5) is 36.4. The summed E-state index contributed by atoms with van der Waals surface area (Å²) in [6.07, 6.45) is -2.80. The number of fused-ring (bicyclic) bond motifs is 1. The van der Waals surface area contributed by atoms with E-state index in [2.05, 4.69) is 20.0 Å². The highest BCUT2D eigenvalue weighted by Crippen LogP contribution is 2.47. The highest BCUT2D eigenvalue weighted by atomic mass is 31.2. The maximum atomic E-state index is 13.6. The van der Waals surface area contributed by atoms with Crippen LogP contribution in [0.25, 0.3) is 11.2 Å². The molecule has 18 heteroatoms. The van der Waals surface area contributed by atoms with Crippen molar-refractivity contribution < 1.29 is 52.4 Å². The van der Waals surface area contributed by atoms with Crippen LogP contribution in [0.15, 0.2) is 6.33 Å². The molecule has 40 heavy (non-hydrogen) atoms. The highest BCUT2D eigenvalue weighted by molar-refractivity contribution is 7.51. The van der Waals surface area contributed by atoms with E-state index in [1.807, 2.05) is 0 Å². The minimum absolute atomic E-state index is 0.0571. The Hall–Kier alpha value is -2.92. The number of anilines is 1. The van der Waals surface area contributed by atoms with Gasteiger partial charge in [0.25, 0.3) is 0 Å². The van der Waals surface area contributed by atoms with E-state index in [1.165, 1.54) is 24.9 Å². The number of hydrogen-bond acceptors (Lipinski definition) is 15. The molecule has 1 saturated heterocycles. The lowest BCUT2D eigenvalue weighted by Gasteiger charge is -2.28. The van der Waals surface area contributed by atoms with Gasteiger partial charge in [0.1, 0.15) is 23.9 Å². The van der Waals surface area contributed by atoms with E-state index in [0.717, 1.165) is 7.11 Å². The number of nitrogens with one attached hydrogen (secondary N) is 1. The summed E-state index contributed by atoms with van der Waals surface area (Å²) in [6.45, 7) is 4.92. The van der Waals surface area contributed by atoms with Gasteiger partial charge >= 0.3 is 19.7 Å². The molecular formula is C22H35N6O11P. The van der Waals surface area contributed by atoms with Crippen molar-refractivity contribution in [1.82, 2.24) is 24.6 Å². The average molecular weight is 591 g/mol. The topological polar surface area (TPSA) is 229 Å². The van der Waals surface area contributed by atoms with E-state index in [1.54, 1.807) is 20.8 Å². The molecule has 0 aromatic carbocycles. The molecule has 6 atom stereocenters. The van der Waals surface area contributed by atoms with Gasteiger partial charge in [-0.2, -0.15) is 9.97 Å². The number of esters is 2. The second-order valence-corrected chi connectivity index (χ2v) is 11.1. The summed E-state index contributed by atoms with van der Waals surface area (Å²) < 4.78 is 46.4. The number of rotatable bonds is 13. The summed E-state index contributed by atoms with van der Waals surface area (Å²) >= 11 is 0. The third-order valence-electron chi connectivity index (χ3n) is 6.09. The lowest BCUT2D eigenvalue weighted by Crippen LogP contribution is -2.45. The number of methoxy groups -OCH3 is 2. The molecule has 0 saturated carbocycles. The fraction of sp³-hybridized carbons (Fsp3) is 0.682. The third-order valence-corrected chi connectivity index (χ3v) is 7.65. The van der Waals surface area contributed by atoms with Crippen LogP contribution < -0.4 is 15.6 Å². The van der Waals surface area contributed by atoms with Crippen LogP contribution in [-0.2, 0) is 37.4 Å². The largest absolute Gasteiger partial charge is 0.479 e. The Bertz CT molecular complexity index is 1260. The van der Waals surface area contributed by atoms with Crippen molar-refractivity contribution in [2.24, 2.45) is 5.92 Å². The quantitative estimate of drug-likeness (QED) is 0.176. The molecule has 2 unspecified atom stereocenters. The second kappa shape index (κ2) is 12.7. The molecule has 224 valence electrons. The number of aromatic nitrogens is 4. The standard InChI is InChI=1S/C22H35N6O11P/c1-7-36-13(29)9-38-40(33,27-14(11(2)3)19(31)35-6)37-8-12-16(30)22(4,32)20(39-12)28-10-24-15-17(28)25-21(23)26-18(15)34-5/h10-12,14,16,20,30,32H,7-9H2,1-6H3,(H,27,33)(H2,23,25,26)/t12-,14?,16-,20-,22-,40?/m1/s1. The van der Waals surface area contributed by atoms with E-state index >= 15 is 0 Å². The Labute approximate surface area is 229 Å². The van der Waals surface area contributed by atoms with Gasteiger partial charge in [-0.3, -0.25) is 18.4 Å². The minimum Gasteiger partial charge on any atom is -0.479 e. The SMILES string of the molecule is CCOC(=O)COP(=O)(NC(C(=O)OC)C(C)C)OC[C@H]1O[C@@H](n2cnc3c(OC)nc(N)nc32)[C@](C)(O)[C@@H]1O. The molecular weight excluding hydrogens is 555 g/mol. The predicted octanol–water partition coefficient (Wildman–Crippen LogP) is -0.0820. The van der Waals surface area contributed by atoms with Crippen molar-refractivity contribution in [3.8, 4) is 5.88 Å². The van der Waals surface area contributed by atoms with Crippen LogP contribution in [-0.4, -0.2) is 99.6 Å². The number of hydrogen-bond donors (Lipinski definition) is 4. The van der Waals surface area contributed by atoms with Gasteiger partial charge < -0.3 is 34.9 Å². The van der Waals surface area contributed by atoms with Crippen molar-refractivity contribution in [3.05, 3.63) is 6.33 Å². The number of ether oxygens (including phenoxy) is 4. The maximum absolute atomic E-state index is 13.6. The number of nitrogen functional groups attached to an aromatic ring is 1. The lowest BCUT2D eigenvalue weighted by molar-refractivity contribution is -0.145. The van der Waals surface area contributed by atoms with E-state index in [-0.39, 0.29) is 29.6 Å². The molecule has 0 bridgehead atoms. The van der Waals surface area contributed by atoms with Gasteiger partial charge in [0.15, 0.2) is 24.0 Å². The first-order chi connectivity index (χ1) is 18.8. The van der Waals surface area contributed by atoms with Gasteiger partial charge in [-0.1, -0.05) is 13.8 Å². The van der Waals surface area contributed by atoms with E-state index in [4.69, 9.17) is 33.7 Å². The average Bonchev–Trinajstić information content (AvgIpc) is 3.41. The van der Waals surface area contributed by atoms with Crippen molar-refractivity contribution >= 4 is 36.8 Å². The molecule has 0 amide bonds. The Kier molecular flexibility index (Phi) is 10.1. The van der Waals surface area contributed by atoms with Gasteiger partial charge in [-0.05, 0) is 19.8 Å². The minimum atomic E-state index is -4.43. The van der Waals surface area contributed by atoms with Crippen LogP contribution in [0.4, 0.5) is 5.95 Å². The molecule has 1 aliphatic heterocycles. The number of carbonyl (C=O) groups is 2. The summed E-state index contributed by atoms with van der Waals surface area (Å²) in [5.41, 5.74) is 4.23. The third kappa shape index (κ3) is 6.68. The van der Waals surface area contributed by atoms with Crippen molar-refractivity contribution in [2.75, 3.05) is 39.8 Å². The molecule has 3 heterocycles. The van der Waals surface area contributed by atoms with Crippen LogP contribution in [0, 0.1) is 5.92 Å². The zero-order chi connectivity index (χ0) is 29.8. The van der Waals surface area contributed by atoms with Crippen LogP contribution in [0.1, 0.15) is 33.9 Å². The molecule has 2 aromatic rings. The molecule has 1 fully saturated rings. The van der Waals surface area contributed by atoms with Gasteiger partial charge in [-0.15, -0.1) is 0 Å². The fourth-order valence-electron chi connectivity index (χ4n) is 3.99. The maximum Gasteiger partial charge on any atom is 0.406 e. The van der Waals surface area contributed by atoms with Gasteiger partial charge in [0, 0.05) is 0 Å². The Morgan fingerprint density at radius 3 is 2.60 bits per heavy atom. The summed E-state index contributed by atoms with van der Waals surface area (Å²) in [5, 5.41) is 24.6. The Morgan fingerprint density at radius 1 is 1.30 bits per heavy atom. The van der Waals surface area contributed by atoms with E-state index in [9.17, 15) is 24.4 Å². The lowest BCUT2D eigenvalue weighted by atomic mass is 9.96. The zero-order valence-electron chi connectivity index (χ0n) is 23.0. The van der Waals surface area contributed by atoms with Crippen molar-refractivity contribution in [2.45, 2.75) is 57.8 Å². The first kappa shape index (κ1) is 31.6. The first-order valence-electron chi connectivity index (χ1n) is 12.3. The number of imidazole rings is 1. The molecule has 1 aliphatic rings. The fourth-order valence-corrected chi connectivity index (χ4v) is 5.58. The Balaban J connectivity index is 1.85. The van der Waals surface area contributed by atoms with Gasteiger partial charge in [0.05, 0.1) is 33.8 Å². The molecule has 0 aliphatic carbocycles. The molecule has 3 rings (SSSR count). The smallest absolute Gasteiger partial charge is 0.406 e. The van der Waals surface area contributed by atoms with Crippen LogP contribution in [0.5, 0.6) is 5.88 Å². The summed E-state index contributed by atoms with van der Waals surface area (Å²) in [7, 11) is -1.90. The van der Waals surface area contributed by atoms with Gasteiger partial charge in [0.2, 0.25) is 11.8 Å². The molecule has 17 nitrogen and oxygen atoms in total. The highest BCUT2D eigenvalue weighted by Gasteiger charge is 2.54. The second-order valence-electron chi connectivity index (χ2n) is 9.36. The predicted molar refractivity (Wildman–Crippen MR) is 137 cm³/mol. The molecule has 2 aromatic heterocycles. The Morgan fingerprint density at radius 2 is 2.00 bits per heavy atom. The van der Waals surface area contributed by atoms with Crippen molar-refractivity contribution in [1.29, 1.82) is 0 Å².